The van der Waals surface area contributed by atoms with Gasteiger partial charge in [0.2, 0.25) is 5.88 Å². The molecule has 0 radical (unpaired) electrons. The molecular formula is C8H7ClN2OS. The average molecular weight is 215 g/mol. The summed E-state index contributed by atoms with van der Waals surface area (Å²) < 4.78 is 5.55. The van der Waals surface area contributed by atoms with Crippen molar-refractivity contribution in [2.75, 3.05) is 5.73 Å². The highest BCUT2D eigenvalue weighted by Gasteiger charge is 2.14. The minimum atomic E-state index is 0.345. The van der Waals surface area contributed by atoms with Crippen LogP contribution in [0.2, 0.25) is 4.34 Å². The Labute approximate surface area is 84.1 Å². The lowest BCUT2D eigenvalue weighted by molar-refractivity contribution is 0.439. The molecule has 2 N–H and O–H groups in total. The third kappa shape index (κ3) is 1.32. The molecule has 0 fully saturated rings. The molecule has 0 saturated carbocycles. The highest BCUT2D eigenvalue weighted by molar-refractivity contribution is 7.15. The van der Waals surface area contributed by atoms with E-state index in [9.17, 15) is 0 Å². The summed E-state index contributed by atoms with van der Waals surface area (Å²) in [6.07, 6.45) is 0. The predicted octanol–water partition coefficient (Wildman–Crippen LogP) is 2.95. The first-order valence-electron chi connectivity index (χ1n) is 3.65. The van der Waals surface area contributed by atoms with Gasteiger partial charge in [-0.05, 0) is 18.4 Å². The molecule has 0 unspecified atom stereocenters. The Kier molecular flexibility index (Phi) is 2.01. The minimum absolute atomic E-state index is 0.345. The first-order valence-corrected chi connectivity index (χ1v) is 4.91. The van der Waals surface area contributed by atoms with Gasteiger partial charge in [0.1, 0.15) is 10.0 Å². The SMILES string of the molecule is Cc1c(-c2ccsc2Cl)noc1N. The van der Waals surface area contributed by atoms with Crippen LogP contribution < -0.4 is 5.73 Å². The second-order valence-corrected chi connectivity index (χ2v) is 4.15. The maximum Gasteiger partial charge on any atom is 0.225 e. The van der Waals surface area contributed by atoms with Crippen molar-refractivity contribution in [2.24, 2.45) is 0 Å². The monoisotopic (exact) mass is 214 g/mol. The fourth-order valence-corrected chi connectivity index (χ4v) is 1.98. The third-order valence-corrected chi connectivity index (χ3v) is 3.00. The van der Waals surface area contributed by atoms with E-state index in [1.54, 1.807) is 0 Å². The number of nitrogens with two attached hydrogens (primary N) is 1. The van der Waals surface area contributed by atoms with Gasteiger partial charge in [-0.25, -0.2) is 0 Å². The zero-order chi connectivity index (χ0) is 9.42. The molecule has 2 aromatic rings. The summed E-state index contributed by atoms with van der Waals surface area (Å²) in [7, 11) is 0. The van der Waals surface area contributed by atoms with Gasteiger partial charge in [0, 0.05) is 11.1 Å². The standard InChI is InChI=1S/C8H7ClN2OS/c1-4-6(11-12-8(4)10)5-2-3-13-7(5)9/h2-3H,10H2,1H3. The van der Waals surface area contributed by atoms with Crippen LogP contribution in [0.5, 0.6) is 0 Å². The molecular weight excluding hydrogens is 208 g/mol. The zero-order valence-electron chi connectivity index (χ0n) is 6.87. The van der Waals surface area contributed by atoms with Gasteiger partial charge in [0.15, 0.2) is 0 Å². The fourth-order valence-electron chi connectivity index (χ4n) is 1.06. The van der Waals surface area contributed by atoms with Crippen molar-refractivity contribution in [1.82, 2.24) is 5.16 Å². The summed E-state index contributed by atoms with van der Waals surface area (Å²) in [6, 6.07) is 1.90. The first-order chi connectivity index (χ1) is 6.20. The lowest BCUT2D eigenvalue weighted by Crippen LogP contribution is -1.84. The largest absolute Gasteiger partial charge is 0.367 e. The van der Waals surface area contributed by atoms with Crippen LogP contribution in [0.15, 0.2) is 16.0 Å². The van der Waals surface area contributed by atoms with Crippen LogP contribution >= 0.6 is 22.9 Å². The Morgan fingerprint density at radius 3 is 2.85 bits per heavy atom. The van der Waals surface area contributed by atoms with E-state index in [-0.39, 0.29) is 0 Å². The Bertz CT molecular complexity index is 435. The van der Waals surface area contributed by atoms with Crippen molar-refractivity contribution in [3.63, 3.8) is 0 Å². The van der Waals surface area contributed by atoms with Crippen molar-refractivity contribution in [1.29, 1.82) is 0 Å². The lowest BCUT2D eigenvalue weighted by Gasteiger charge is -1.92. The van der Waals surface area contributed by atoms with Crippen LogP contribution in [0.1, 0.15) is 5.56 Å². The molecule has 0 atom stereocenters. The Balaban J connectivity index is 2.59. The molecule has 0 spiro atoms. The normalized spacial score (nSPS) is 10.6. The summed E-state index contributed by atoms with van der Waals surface area (Å²) >= 11 is 7.41. The topological polar surface area (TPSA) is 52.0 Å². The van der Waals surface area contributed by atoms with E-state index < -0.39 is 0 Å². The van der Waals surface area contributed by atoms with Gasteiger partial charge in [-0.1, -0.05) is 16.8 Å². The summed E-state index contributed by atoms with van der Waals surface area (Å²) in [5.74, 6) is 0.345. The number of rotatable bonds is 1. The molecule has 3 nitrogen and oxygen atoms in total. The molecule has 13 heavy (non-hydrogen) atoms. The van der Waals surface area contributed by atoms with Gasteiger partial charge in [-0.15, -0.1) is 11.3 Å². The van der Waals surface area contributed by atoms with Crippen LogP contribution in [-0.4, -0.2) is 5.16 Å². The second-order valence-electron chi connectivity index (χ2n) is 2.63. The maximum absolute atomic E-state index is 5.95. The van der Waals surface area contributed by atoms with Crippen LogP contribution in [0, 0.1) is 6.92 Å². The first kappa shape index (κ1) is 8.59. The number of nitrogens with zero attached hydrogens (tertiary/aromatic N) is 1. The van der Waals surface area contributed by atoms with E-state index in [0.29, 0.717) is 10.2 Å². The molecule has 0 aromatic carbocycles. The number of halogens is 1. The molecule has 0 saturated heterocycles. The Hall–Kier alpha value is -1.00. The lowest BCUT2D eigenvalue weighted by atomic mass is 10.1. The number of hydrogen-bond acceptors (Lipinski definition) is 4. The number of anilines is 1. The highest BCUT2D eigenvalue weighted by Crippen LogP contribution is 2.34. The quantitative estimate of drug-likeness (QED) is 0.794. The minimum Gasteiger partial charge on any atom is -0.367 e. The van der Waals surface area contributed by atoms with Gasteiger partial charge in [0.05, 0.1) is 0 Å². The third-order valence-electron chi connectivity index (χ3n) is 1.83. The van der Waals surface area contributed by atoms with Gasteiger partial charge in [-0.3, -0.25) is 0 Å². The van der Waals surface area contributed by atoms with E-state index in [1.807, 2.05) is 18.4 Å². The maximum atomic E-state index is 5.95. The van der Waals surface area contributed by atoms with Crippen molar-refractivity contribution in [2.45, 2.75) is 6.92 Å². The zero-order valence-corrected chi connectivity index (χ0v) is 8.45. The molecule has 2 heterocycles. The van der Waals surface area contributed by atoms with E-state index in [2.05, 4.69) is 5.16 Å². The number of nitrogen functional groups attached to an aromatic ring is 1. The van der Waals surface area contributed by atoms with Crippen molar-refractivity contribution >= 4 is 28.8 Å². The van der Waals surface area contributed by atoms with Crippen LogP contribution in [0.4, 0.5) is 5.88 Å². The molecule has 0 aliphatic heterocycles. The summed E-state index contributed by atoms with van der Waals surface area (Å²) in [4.78, 5) is 0. The molecule has 2 aromatic heterocycles. The van der Waals surface area contributed by atoms with E-state index >= 15 is 0 Å². The number of thiophene rings is 1. The van der Waals surface area contributed by atoms with Gasteiger partial charge < -0.3 is 10.3 Å². The summed E-state index contributed by atoms with van der Waals surface area (Å²) in [6.45, 7) is 1.86. The molecule has 0 amide bonds. The van der Waals surface area contributed by atoms with Crippen molar-refractivity contribution < 1.29 is 4.52 Å². The van der Waals surface area contributed by atoms with E-state index in [4.69, 9.17) is 21.9 Å². The highest BCUT2D eigenvalue weighted by atomic mass is 35.5. The Morgan fingerprint density at radius 1 is 1.62 bits per heavy atom. The predicted molar refractivity (Wildman–Crippen MR) is 54.0 cm³/mol. The molecule has 0 bridgehead atoms. The van der Waals surface area contributed by atoms with Gasteiger partial charge in [-0.2, -0.15) is 0 Å². The molecule has 5 heteroatoms. The van der Waals surface area contributed by atoms with Gasteiger partial charge in [0.25, 0.3) is 0 Å². The molecule has 0 aliphatic rings. The second kappa shape index (κ2) is 3.05. The number of hydrogen-bond donors (Lipinski definition) is 1. The van der Waals surface area contributed by atoms with Crippen LogP contribution in [0.3, 0.4) is 0 Å². The average Bonchev–Trinajstić information content (AvgIpc) is 2.62. The smallest absolute Gasteiger partial charge is 0.225 e. The fraction of sp³-hybridized carbons (Fsp3) is 0.125. The van der Waals surface area contributed by atoms with Crippen molar-refractivity contribution in [3.05, 3.63) is 21.3 Å². The van der Waals surface area contributed by atoms with Crippen molar-refractivity contribution in [3.8, 4) is 11.3 Å². The Morgan fingerprint density at radius 2 is 2.38 bits per heavy atom. The molecule has 0 aliphatic carbocycles. The molecule has 2 rings (SSSR count). The van der Waals surface area contributed by atoms with Crippen LogP contribution in [0.25, 0.3) is 11.3 Å². The molecule has 68 valence electrons. The van der Waals surface area contributed by atoms with Gasteiger partial charge >= 0.3 is 0 Å². The van der Waals surface area contributed by atoms with Crippen LogP contribution in [-0.2, 0) is 0 Å². The van der Waals surface area contributed by atoms with E-state index in [0.717, 1.165) is 16.8 Å². The van der Waals surface area contributed by atoms with E-state index in [1.165, 1.54) is 11.3 Å². The summed E-state index contributed by atoms with van der Waals surface area (Å²) in [5, 5.41) is 5.75. The summed E-state index contributed by atoms with van der Waals surface area (Å²) in [5.41, 5.74) is 7.97. The number of aromatic nitrogens is 1.